The van der Waals surface area contributed by atoms with Gasteiger partial charge in [0.05, 0.1) is 14.2 Å². The summed E-state index contributed by atoms with van der Waals surface area (Å²) in [4.78, 5) is 22.3. The highest BCUT2D eigenvalue weighted by Crippen LogP contribution is 2.16. The summed E-state index contributed by atoms with van der Waals surface area (Å²) in [6.07, 6.45) is -0.581. The average Bonchev–Trinajstić information content (AvgIpc) is 2.39. The van der Waals surface area contributed by atoms with Crippen LogP contribution in [0.3, 0.4) is 0 Å². The minimum Gasteiger partial charge on any atom is -0.497 e. The molecule has 1 aromatic carbocycles. The third-order valence-corrected chi connectivity index (χ3v) is 2.42. The van der Waals surface area contributed by atoms with Gasteiger partial charge in [-0.3, -0.25) is 10.1 Å². The summed E-state index contributed by atoms with van der Waals surface area (Å²) in [6.45, 7) is 1.85. The number of nitrogens with one attached hydrogen (secondary N) is 2. The standard InChI is InChI=1S/C13H18N2O4/c1-9(8-12(16)15-13(17)19-3)14-10-4-6-11(18-2)7-5-10/h4-7,9,14H,8H2,1-3H3,(H,15,16,17)/t9-/m0/s1. The fourth-order valence-electron chi connectivity index (χ4n) is 1.52. The Labute approximate surface area is 112 Å². The zero-order chi connectivity index (χ0) is 14.3. The van der Waals surface area contributed by atoms with Gasteiger partial charge >= 0.3 is 6.09 Å². The molecule has 0 radical (unpaired) electrons. The van der Waals surface area contributed by atoms with E-state index in [-0.39, 0.29) is 18.4 Å². The fraction of sp³-hybridized carbons (Fsp3) is 0.385. The van der Waals surface area contributed by atoms with Gasteiger partial charge in [0.25, 0.3) is 0 Å². The van der Waals surface area contributed by atoms with Gasteiger partial charge in [-0.15, -0.1) is 0 Å². The molecule has 0 aromatic heterocycles. The maximum Gasteiger partial charge on any atom is 0.413 e. The first-order valence-corrected chi connectivity index (χ1v) is 5.83. The summed E-state index contributed by atoms with van der Waals surface area (Å²) >= 11 is 0. The van der Waals surface area contributed by atoms with Crippen LogP contribution < -0.4 is 15.4 Å². The van der Waals surface area contributed by atoms with Crippen molar-refractivity contribution < 1.29 is 19.1 Å². The van der Waals surface area contributed by atoms with E-state index in [0.29, 0.717) is 0 Å². The smallest absolute Gasteiger partial charge is 0.413 e. The van der Waals surface area contributed by atoms with Crippen molar-refractivity contribution in [3.05, 3.63) is 24.3 Å². The van der Waals surface area contributed by atoms with Gasteiger partial charge in [-0.25, -0.2) is 4.79 Å². The van der Waals surface area contributed by atoms with Gasteiger partial charge in [-0.1, -0.05) is 0 Å². The summed E-state index contributed by atoms with van der Waals surface area (Å²) in [7, 11) is 2.81. The Balaban J connectivity index is 2.43. The molecule has 2 amide bonds. The molecule has 1 rings (SSSR count). The molecule has 1 aromatic rings. The Morgan fingerprint density at radius 3 is 2.37 bits per heavy atom. The number of carbonyl (C=O) groups excluding carboxylic acids is 2. The molecule has 0 aliphatic rings. The van der Waals surface area contributed by atoms with E-state index in [0.717, 1.165) is 11.4 Å². The van der Waals surface area contributed by atoms with Crippen LogP contribution in [0.4, 0.5) is 10.5 Å². The SMILES string of the molecule is COC(=O)NC(=O)C[C@H](C)Nc1ccc(OC)cc1. The lowest BCUT2D eigenvalue weighted by molar-refractivity contribution is -0.120. The molecule has 104 valence electrons. The zero-order valence-corrected chi connectivity index (χ0v) is 11.2. The van der Waals surface area contributed by atoms with Crippen molar-refractivity contribution in [2.75, 3.05) is 19.5 Å². The Kier molecular flexibility index (Phi) is 5.66. The molecule has 0 aliphatic heterocycles. The van der Waals surface area contributed by atoms with E-state index in [2.05, 4.69) is 15.4 Å². The van der Waals surface area contributed by atoms with Gasteiger partial charge in [-0.05, 0) is 31.2 Å². The van der Waals surface area contributed by atoms with Crippen molar-refractivity contribution in [2.24, 2.45) is 0 Å². The molecule has 6 heteroatoms. The lowest BCUT2D eigenvalue weighted by Crippen LogP contribution is -2.33. The number of carbonyl (C=O) groups is 2. The van der Waals surface area contributed by atoms with E-state index in [1.807, 2.05) is 31.2 Å². The maximum absolute atomic E-state index is 11.4. The van der Waals surface area contributed by atoms with Crippen LogP contribution in [0.1, 0.15) is 13.3 Å². The Morgan fingerprint density at radius 2 is 1.84 bits per heavy atom. The molecule has 19 heavy (non-hydrogen) atoms. The first-order chi connectivity index (χ1) is 9.05. The number of benzene rings is 1. The van der Waals surface area contributed by atoms with Gasteiger partial charge in [0.15, 0.2) is 0 Å². The molecule has 0 unspecified atom stereocenters. The van der Waals surface area contributed by atoms with Gasteiger partial charge in [0.1, 0.15) is 5.75 Å². The number of methoxy groups -OCH3 is 2. The number of alkyl carbamates (subject to hydrolysis) is 1. The van der Waals surface area contributed by atoms with E-state index in [9.17, 15) is 9.59 Å². The van der Waals surface area contributed by atoms with Crippen LogP contribution >= 0.6 is 0 Å². The second kappa shape index (κ2) is 7.25. The largest absolute Gasteiger partial charge is 0.497 e. The number of ether oxygens (including phenoxy) is 2. The third-order valence-electron chi connectivity index (χ3n) is 2.42. The van der Waals surface area contributed by atoms with Crippen LogP contribution in [0.15, 0.2) is 24.3 Å². The number of imide groups is 1. The lowest BCUT2D eigenvalue weighted by atomic mass is 10.2. The molecule has 0 heterocycles. The predicted octanol–water partition coefficient (Wildman–Crippen LogP) is 1.77. The zero-order valence-electron chi connectivity index (χ0n) is 11.2. The summed E-state index contributed by atoms with van der Waals surface area (Å²) < 4.78 is 9.39. The molecule has 0 saturated heterocycles. The molecule has 0 bridgehead atoms. The van der Waals surface area contributed by atoms with Crippen molar-refractivity contribution in [1.29, 1.82) is 0 Å². The van der Waals surface area contributed by atoms with Gasteiger partial charge < -0.3 is 14.8 Å². The minimum atomic E-state index is -0.748. The number of hydrogen-bond acceptors (Lipinski definition) is 5. The van der Waals surface area contributed by atoms with E-state index in [1.165, 1.54) is 7.11 Å². The van der Waals surface area contributed by atoms with Crippen molar-refractivity contribution in [2.45, 2.75) is 19.4 Å². The normalized spacial score (nSPS) is 11.3. The highest BCUT2D eigenvalue weighted by atomic mass is 16.5. The first kappa shape index (κ1) is 14.8. The molecule has 0 spiro atoms. The number of anilines is 1. The first-order valence-electron chi connectivity index (χ1n) is 5.83. The number of amides is 2. The molecule has 6 nitrogen and oxygen atoms in total. The summed E-state index contributed by atoms with van der Waals surface area (Å²) in [5.41, 5.74) is 0.874. The Hall–Kier alpha value is -2.24. The molecule has 1 atom stereocenters. The molecular formula is C13H18N2O4. The topological polar surface area (TPSA) is 76.7 Å². The summed E-state index contributed by atoms with van der Waals surface area (Å²) in [5, 5.41) is 5.25. The monoisotopic (exact) mass is 266 g/mol. The fourth-order valence-corrected chi connectivity index (χ4v) is 1.52. The highest BCUT2D eigenvalue weighted by molar-refractivity contribution is 5.92. The quantitative estimate of drug-likeness (QED) is 0.849. The molecule has 2 N–H and O–H groups in total. The molecule has 0 saturated carbocycles. The maximum atomic E-state index is 11.4. The van der Waals surface area contributed by atoms with Crippen molar-refractivity contribution in [1.82, 2.24) is 5.32 Å². The number of rotatable bonds is 5. The van der Waals surface area contributed by atoms with Crippen LogP contribution in [0, 0.1) is 0 Å². The number of hydrogen-bond donors (Lipinski definition) is 2. The van der Waals surface area contributed by atoms with Gasteiger partial charge in [0.2, 0.25) is 5.91 Å². The highest BCUT2D eigenvalue weighted by Gasteiger charge is 2.12. The second-order valence-electron chi connectivity index (χ2n) is 4.02. The van der Waals surface area contributed by atoms with E-state index >= 15 is 0 Å². The lowest BCUT2D eigenvalue weighted by Gasteiger charge is -2.14. The van der Waals surface area contributed by atoms with Gasteiger partial charge in [0, 0.05) is 18.2 Å². The van der Waals surface area contributed by atoms with Crippen molar-refractivity contribution >= 4 is 17.7 Å². The van der Waals surface area contributed by atoms with Crippen LogP contribution in [0.2, 0.25) is 0 Å². The van der Waals surface area contributed by atoms with Crippen molar-refractivity contribution in [3.63, 3.8) is 0 Å². The minimum absolute atomic E-state index is 0.113. The predicted molar refractivity (Wildman–Crippen MR) is 71.2 cm³/mol. The third kappa shape index (κ3) is 5.29. The van der Waals surface area contributed by atoms with E-state index in [4.69, 9.17) is 4.74 Å². The second-order valence-corrected chi connectivity index (χ2v) is 4.02. The van der Waals surface area contributed by atoms with E-state index < -0.39 is 6.09 Å². The van der Waals surface area contributed by atoms with Crippen LogP contribution in [0.5, 0.6) is 5.75 Å². The molecular weight excluding hydrogens is 248 g/mol. The van der Waals surface area contributed by atoms with Crippen LogP contribution in [-0.2, 0) is 9.53 Å². The summed E-state index contributed by atoms with van der Waals surface area (Å²) in [6, 6.07) is 7.24. The molecule has 0 fully saturated rings. The molecule has 0 aliphatic carbocycles. The Bertz CT molecular complexity index is 431. The Morgan fingerprint density at radius 1 is 1.21 bits per heavy atom. The van der Waals surface area contributed by atoms with Crippen molar-refractivity contribution in [3.8, 4) is 5.75 Å². The van der Waals surface area contributed by atoms with E-state index in [1.54, 1.807) is 7.11 Å². The average molecular weight is 266 g/mol. The van der Waals surface area contributed by atoms with Gasteiger partial charge in [-0.2, -0.15) is 0 Å². The van der Waals surface area contributed by atoms with Crippen LogP contribution in [-0.4, -0.2) is 32.3 Å². The summed E-state index contributed by atoms with van der Waals surface area (Å²) in [5.74, 6) is 0.377. The van der Waals surface area contributed by atoms with Crippen LogP contribution in [0.25, 0.3) is 0 Å².